The van der Waals surface area contributed by atoms with Gasteiger partial charge in [-0.3, -0.25) is 9.69 Å². The maximum Gasteiger partial charge on any atom is 0.235 e. The summed E-state index contributed by atoms with van der Waals surface area (Å²) in [5.74, 6) is -0.254. The van der Waals surface area contributed by atoms with Crippen molar-refractivity contribution in [1.29, 1.82) is 0 Å². The van der Waals surface area contributed by atoms with Gasteiger partial charge in [-0.05, 0) is 33.5 Å². The smallest absolute Gasteiger partial charge is 0.235 e. The lowest BCUT2D eigenvalue weighted by atomic mass is 10.0. The minimum Gasteiger partial charge on any atom is -0.368 e. The van der Waals surface area contributed by atoms with Gasteiger partial charge in [0, 0.05) is 25.2 Å². The summed E-state index contributed by atoms with van der Waals surface area (Å²) in [6, 6.07) is 0.620. The monoisotopic (exact) mass is 256 g/mol. The van der Waals surface area contributed by atoms with E-state index in [1.54, 1.807) is 0 Å². The third-order valence-corrected chi connectivity index (χ3v) is 3.53. The van der Waals surface area contributed by atoms with Crippen LogP contribution in [0.3, 0.4) is 0 Å². The maximum atomic E-state index is 11.4. The molecule has 0 saturated carbocycles. The quantitative estimate of drug-likeness (QED) is 0.695. The third kappa shape index (κ3) is 4.92. The van der Waals surface area contributed by atoms with E-state index >= 15 is 0 Å². The molecule has 0 spiro atoms. The van der Waals surface area contributed by atoms with Gasteiger partial charge in [-0.2, -0.15) is 0 Å². The average molecular weight is 256 g/mol. The highest BCUT2D eigenvalue weighted by Gasteiger charge is 2.25. The number of nitrogens with two attached hydrogens (primary N) is 1. The summed E-state index contributed by atoms with van der Waals surface area (Å²) in [5.41, 5.74) is 5.46. The topological polar surface area (TPSA) is 61.6 Å². The molecule has 0 aromatic carbocycles. The molecule has 5 heteroatoms. The second kappa shape index (κ2) is 7.07. The molecule has 0 aliphatic carbocycles. The lowest BCUT2D eigenvalue weighted by Gasteiger charge is -2.37. The number of rotatable bonds is 6. The SMILES string of the molecule is CC(C)NC(CN1CCCC(N(C)C)C1)C(N)=O. The lowest BCUT2D eigenvalue weighted by Crippen LogP contribution is -2.54. The van der Waals surface area contributed by atoms with Crippen LogP contribution in [0.1, 0.15) is 26.7 Å². The number of primary amides is 1. The Morgan fingerprint density at radius 1 is 1.50 bits per heavy atom. The first-order valence-electron chi connectivity index (χ1n) is 6.84. The molecule has 1 heterocycles. The van der Waals surface area contributed by atoms with Crippen molar-refractivity contribution in [3.05, 3.63) is 0 Å². The number of likely N-dealkylation sites (tertiary alicyclic amines) is 1. The number of piperidine rings is 1. The Hall–Kier alpha value is -0.650. The molecule has 2 atom stereocenters. The fourth-order valence-corrected chi connectivity index (χ4v) is 2.50. The van der Waals surface area contributed by atoms with Crippen LogP contribution in [-0.2, 0) is 4.79 Å². The summed E-state index contributed by atoms with van der Waals surface area (Å²) in [7, 11) is 4.23. The van der Waals surface area contributed by atoms with Crippen molar-refractivity contribution in [2.24, 2.45) is 5.73 Å². The normalized spacial score (nSPS) is 23.6. The van der Waals surface area contributed by atoms with Crippen molar-refractivity contribution < 1.29 is 4.79 Å². The second-order valence-electron chi connectivity index (χ2n) is 5.80. The predicted octanol–water partition coefficient (Wildman–Crippen LogP) is -0.136. The first kappa shape index (κ1) is 15.4. The van der Waals surface area contributed by atoms with Crippen molar-refractivity contribution >= 4 is 5.91 Å². The number of nitrogens with one attached hydrogen (secondary N) is 1. The van der Waals surface area contributed by atoms with Gasteiger partial charge in [0.25, 0.3) is 0 Å². The third-order valence-electron chi connectivity index (χ3n) is 3.53. The van der Waals surface area contributed by atoms with Crippen molar-refractivity contribution in [2.75, 3.05) is 33.7 Å². The fourth-order valence-electron chi connectivity index (χ4n) is 2.50. The molecule has 18 heavy (non-hydrogen) atoms. The second-order valence-corrected chi connectivity index (χ2v) is 5.80. The van der Waals surface area contributed by atoms with Gasteiger partial charge >= 0.3 is 0 Å². The first-order valence-corrected chi connectivity index (χ1v) is 6.84. The summed E-state index contributed by atoms with van der Waals surface area (Å²) in [6.45, 7) is 6.88. The molecule has 1 rings (SSSR count). The van der Waals surface area contributed by atoms with Gasteiger partial charge in [0.1, 0.15) is 0 Å². The molecule has 1 amide bonds. The fraction of sp³-hybridized carbons (Fsp3) is 0.923. The van der Waals surface area contributed by atoms with E-state index in [9.17, 15) is 4.79 Å². The van der Waals surface area contributed by atoms with E-state index in [1.165, 1.54) is 12.8 Å². The molecule has 1 fully saturated rings. The molecule has 0 radical (unpaired) electrons. The van der Waals surface area contributed by atoms with Crippen LogP contribution < -0.4 is 11.1 Å². The molecule has 1 aliphatic rings. The van der Waals surface area contributed by atoms with Crippen LogP contribution >= 0.6 is 0 Å². The van der Waals surface area contributed by atoms with Crippen molar-refractivity contribution in [1.82, 2.24) is 15.1 Å². The molecule has 1 aliphatic heterocycles. The highest BCUT2D eigenvalue weighted by Crippen LogP contribution is 2.13. The standard InChI is InChI=1S/C13H28N4O/c1-10(2)15-12(13(14)18)9-17-7-5-6-11(8-17)16(3)4/h10-12,15H,5-9H2,1-4H3,(H2,14,18). The minimum absolute atomic E-state index is 0.245. The zero-order valence-electron chi connectivity index (χ0n) is 12.1. The Morgan fingerprint density at radius 3 is 2.67 bits per heavy atom. The molecule has 3 N–H and O–H groups in total. The highest BCUT2D eigenvalue weighted by molar-refractivity contribution is 5.80. The Balaban J connectivity index is 2.50. The zero-order chi connectivity index (χ0) is 13.7. The van der Waals surface area contributed by atoms with E-state index in [0.29, 0.717) is 6.04 Å². The Kier molecular flexibility index (Phi) is 6.05. The number of hydrogen-bond donors (Lipinski definition) is 2. The average Bonchev–Trinajstić information content (AvgIpc) is 2.27. The summed E-state index contributed by atoms with van der Waals surface area (Å²) >= 11 is 0. The Bertz CT molecular complexity index is 268. The lowest BCUT2D eigenvalue weighted by molar-refractivity contribution is -0.120. The van der Waals surface area contributed by atoms with E-state index in [-0.39, 0.29) is 18.0 Å². The Morgan fingerprint density at radius 2 is 2.17 bits per heavy atom. The first-order chi connectivity index (χ1) is 8.40. The number of carbonyl (C=O) groups is 1. The zero-order valence-corrected chi connectivity index (χ0v) is 12.1. The highest BCUT2D eigenvalue weighted by atomic mass is 16.1. The molecule has 0 aromatic heterocycles. The van der Waals surface area contributed by atoms with E-state index in [0.717, 1.165) is 19.6 Å². The van der Waals surface area contributed by atoms with E-state index in [4.69, 9.17) is 5.73 Å². The maximum absolute atomic E-state index is 11.4. The van der Waals surface area contributed by atoms with Gasteiger partial charge in [0.05, 0.1) is 6.04 Å². The van der Waals surface area contributed by atoms with E-state index < -0.39 is 0 Å². The van der Waals surface area contributed by atoms with Crippen LogP contribution in [0.15, 0.2) is 0 Å². The van der Waals surface area contributed by atoms with Gasteiger partial charge < -0.3 is 16.0 Å². The van der Waals surface area contributed by atoms with Gasteiger partial charge in [-0.1, -0.05) is 13.8 Å². The molecule has 1 saturated heterocycles. The predicted molar refractivity (Wildman–Crippen MR) is 74.4 cm³/mol. The van der Waals surface area contributed by atoms with Crippen molar-refractivity contribution in [3.63, 3.8) is 0 Å². The molecule has 106 valence electrons. The largest absolute Gasteiger partial charge is 0.368 e. The minimum atomic E-state index is -0.254. The van der Waals surface area contributed by atoms with Crippen LogP contribution in [0.5, 0.6) is 0 Å². The van der Waals surface area contributed by atoms with Crippen LogP contribution in [0.2, 0.25) is 0 Å². The summed E-state index contributed by atoms with van der Waals surface area (Å²) < 4.78 is 0. The van der Waals surface area contributed by atoms with Gasteiger partial charge in [-0.25, -0.2) is 0 Å². The number of hydrogen-bond acceptors (Lipinski definition) is 4. The van der Waals surface area contributed by atoms with Crippen LogP contribution in [0, 0.1) is 0 Å². The van der Waals surface area contributed by atoms with Crippen LogP contribution in [-0.4, -0.2) is 67.6 Å². The van der Waals surface area contributed by atoms with Crippen LogP contribution in [0.25, 0.3) is 0 Å². The Labute approximate surface area is 111 Å². The molecule has 2 unspecified atom stereocenters. The summed E-state index contributed by atoms with van der Waals surface area (Å²) in [4.78, 5) is 16.1. The molecule has 0 bridgehead atoms. The molecule has 0 aromatic rings. The molecular weight excluding hydrogens is 228 g/mol. The summed E-state index contributed by atoms with van der Waals surface area (Å²) in [5, 5.41) is 3.24. The number of likely N-dealkylation sites (N-methyl/N-ethyl adjacent to an activating group) is 1. The number of amides is 1. The van der Waals surface area contributed by atoms with Gasteiger partial charge in [-0.15, -0.1) is 0 Å². The van der Waals surface area contributed by atoms with Gasteiger partial charge in [0.15, 0.2) is 0 Å². The van der Waals surface area contributed by atoms with Crippen LogP contribution in [0.4, 0.5) is 0 Å². The van der Waals surface area contributed by atoms with Crippen molar-refractivity contribution in [2.45, 2.75) is 44.8 Å². The summed E-state index contributed by atoms with van der Waals surface area (Å²) in [6.07, 6.45) is 2.43. The number of carbonyl (C=O) groups excluding carboxylic acids is 1. The van der Waals surface area contributed by atoms with E-state index in [2.05, 4.69) is 29.2 Å². The van der Waals surface area contributed by atoms with Gasteiger partial charge in [0.2, 0.25) is 5.91 Å². The molecule has 5 nitrogen and oxygen atoms in total. The molecular formula is C13H28N4O. The van der Waals surface area contributed by atoms with Crippen molar-refractivity contribution in [3.8, 4) is 0 Å². The van der Waals surface area contributed by atoms with E-state index in [1.807, 2.05) is 13.8 Å². The number of nitrogens with zero attached hydrogens (tertiary/aromatic N) is 2.